The van der Waals surface area contributed by atoms with Gasteiger partial charge in [0.15, 0.2) is 0 Å². The van der Waals surface area contributed by atoms with Crippen LogP contribution in [-0.4, -0.2) is 58.9 Å². The molecule has 178 valence electrons. The average Bonchev–Trinajstić information content (AvgIpc) is 2.89. The monoisotopic (exact) mass is 469 g/mol. The molecular formula is C28H27N3O4. The zero-order valence-electron chi connectivity index (χ0n) is 19.2. The maximum atomic E-state index is 13.3. The molecule has 7 nitrogen and oxygen atoms in total. The van der Waals surface area contributed by atoms with Gasteiger partial charge in [-0.15, -0.1) is 0 Å². The number of carbonyl (C=O) groups excluding carboxylic acids is 2. The van der Waals surface area contributed by atoms with E-state index in [4.69, 9.17) is 5.11 Å². The fraction of sp³-hybridized carbons (Fsp3) is 0.179. The summed E-state index contributed by atoms with van der Waals surface area (Å²) < 4.78 is 0. The van der Waals surface area contributed by atoms with Gasteiger partial charge in [0, 0.05) is 38.3 Å². The van der Waals surface area contributed by atoms with Gasteiger partial charge in [-0.25, -0.2) is 4.79 Å². The maximum absolute atomic E-state index is 13.3. The number of aliphatic carboxylic acids is 1. The molecule has 1 saturated heterocycles. The third kappa shape index (κ3) is 6.02. The van der Waals surface area contributed by atoms with Crippen LogP contribution in [0.3, 0.4) is 0 Å². The second-order valence-corrected chi connectivity index (χ2v) is 8.26. The van der Waals surface area contributed by atoms with E-state index in [0.717, 1.165) is 12.2 Å². The summed E-state index contributed by atoms with van der Waals surface area (Å²) in [7, 11) is 0. The minimum absolute atomic E-state index is 0.0993. The number of nitrogens with one attached hydrogen (secondary N) is 1. The molecule has 4 rings (SSSR count). The van der Waals surface area contributed by atoms with Gasteiger partial charge < -0.3 is 15.3 Å². The van der Waals surface area contributed by atoms with E-state index >= 15 is 0 Å². The highest BCUT2D eigenvalue weighted by Crippen LogP contribution is 2.30. The van der Waals surface area contributed by atoms with Crippen molar-refractivity contribution in [2.75, 3.05) is 31.5 Å². The number of nitrogens with zero attached hydrogens (tertiary/aromatic N) is 2. The number of carbonyl (C=O) groups is 3. The predicted octanol–water partition coefficient (Wildman–Crippen LogP) is 3.81. The molecule has 2 N–H and O–H groups in total. The van der Waals surface area contributed by atoms with Gasteiger partial charge >= 0.3 is 5.97 Å². The van der Waals surface area contributed by atoms with E-state index in [2.05, 4.69) is 34.5 Å². The Labute approximate surface area is 204 Å². The highest BCUT2D eigenvalue weighted by atomic mass is 16.4. The topological polar surface area (TPSA) is 89.9 Å². The molecule has 0 radical (unpaired) electrons. The maximum Gasteiger partial charge on any atom is 0.328 e. The first-order valence-electron chi connectivity index (χ1n) is 11.5. The number of piperazine rings is 1. The summed E-state index contributed by atoms with van der Waals surface area (Å²) in [5.74, 6) is -1.99. The molecule has 1 aliphatic rings. The van der Waals surface area contributed by atoms with Crippen LogP contribution in [0.4, 0.5) is 5.69 Å². The molecule has 0 aromatic heterocycles. The zero-order valence-corrected chi connectivity index (χ0v) is 19.2. The normalized spacial score (nSPS) is 14.3. The molecule has 0 spiro atoms. The summed E-state index contributed by atoms with van der Waals surface area (Å²) in [6.45, 7) is 2.51. The molecule has 0 unspecified atom stereocenters. The quantitative estimate of drug-likeness (QED) is 0.514. The number of carboxylic acid groups (broad SMARTS) is 1. The molecule has 0 saturated carbocycles. The van der Waals surface area contributed by atoms with Gasteiger partial charge in [0.2, 0.25) is 5.91 Å². The number of anilines is 1. The van der Waals surface area contributed by atoms with Crippen molar-refractivity contribution in [3.05, 3.63) is 114 Å². The second kappa shape index (κ2) is 11.3. The lowest BCUT2D eigenvalue weighted by Gasteiger charge is -2.40. The minimum Gasteiger partial charge on any atom is -0.478 e. The first-order valence-corrected chi connectivity index (χ1v) is 11.5. The van der Waals surface area contributed by atoms with Crippen LogP contribution in [0, 0.1) is 0 Å². The standard InChI is InChI=1S/C28H27N3O4/c32-25(15-16-26(33)34)29-24-14-8-7-13-23(24)28(35)31-19-17-30(18-20-31)27(21-9-3-1-4-10-21)22-11-5-2-6-12-22/h1-16,27H,17-20H2,(H,29,32)(H,33,34)/b16-15-. The Hall–Kier alpha value is -4.23. The number of para-hydroxylation sites is 1. The Morgan fingerprint density at radius 2 is 1.29 bits per heavy atom. The summed E-state index contributed by atoms with van der Waals surface area (Å²) in [6.07, 6.45) is 1.69. The zero-order chi connectivity index (χ0) is 24.6. The van der Waals surface area contributed by atoms with E-state index in [0.29, 0.717) is 37.4 Å². The average molecular weight is 470 g/mol. The van der Waals surface area contributed by atoms with Crippen molar-refractivity contribution in [1.29, 1.82) is 0 Å². The number of hydrogen-bond acceptors (Lipinski definition) is 4. The summed E-state index contributed by atoms with van der Waals surface area (Å²) in [6, 6.07) is 27.6. The molecule has 0 atom stereocenters. The van der Waals surface area contributed by atoms with Gasteiger partial charge in [0.1, 0.15) is 0 Å². The molecule has 2 amide bonds. The lowest BCUT2D eigenvalue weighted by Crippen LogP contribution is -2.50. The second-order valence-electron chi connectivity index (χ2n) is 8.26. The number of rotatable bonds is 7. The highest BCUT2D eigenvalue weighted by molar-refractivity contribution is 6.07. The largest absolute Gasteiger partial charge is 0.478 e. The summed E-state index contributed by atoms with van der Waals surface area (Å²) >= 11 is 0. The molecule has 0 aliphatic carbocycles. The SMILES string of the molecule is O=C(O)/C=C\C(=O)Nc1ccccc1C(=O)N1CCN(C(c2ccccc2)c2ccccc2)CC1. The Morgan fingerprint density at radius 1 is 0.743 bits per heavy atom. The van der Waals surface area contributed by atoms with Crippen molar-refractivity contribution in [2.45, 2.75) is 6.04 Å². The van der Waals surface area contributed by atoms with Crippen molar-refractivity contribution in [1.82, 2.24) is 9.80 Å². The van der Waals surface area contributed by atoms with E-state index in [1.165, 1.54) is 11.1 Å². The number of hydrogen-bond donors (Lipinski definition) is 2. The number of benzene rings is 3. The molecular weight excluding hydrogens is 442 g/mol. The van der Waals surface area contributed by atoms with Gasteiger partial charge in [-0.05, 0) is 23.3 Å². The van der Waals surface area contributed by atoms with Crippen molar-refractivity contribution >= 4 is 23.5 Å². The predicted molar refractivity (Wildman–Crippen MR) is 134 cm³/mol. The van der Waals surface area contributed by atoms with Gasteiger partial charge in [-0.3, -0.25) is 14.5 Å². The molecule has 7 heteroatoms. The summed E-state index contributed by atoms with van der Waals surface area (Å²) in [5.41, 5.74) is 3.15. The van der Waals surface area contributed by atoms with E-state index in [1.54, 1.807) is 29.2 Å². The smallest absolute Gasteiger partial charge is 0.328 e. The fourth-order valence-corrected chi connectivity index (χ4v) is 4.34. The Bertz CT molecular complexity index is 1160. The third-order valence-electron chi connectivity index (χ3n) is 5.99. The molecule has 3 aromatic rings. The first-order chi connectivity index (χ1) is 17.0. The summed E-state index contributed by atoms with van der Waals surface area (Å²) in [4.78, 5) is 40.2. The van der Waals surface area contributed by atoms with Crippen LogP contribution in [0.1, 0.15) is 27.5 Å². The lowest BCUT2D eigenvalue weighted by atomic mass is 9.96. The van der Waals surface area contributed by atoms with Gasteiger partial charge in [-0.1, -0.05) is 72.8 Å². The van der Waals surface area contributed by atoms with Crippen molar-refractivity contribution in [2.24, 2.45) is 0 Å². The molecule has 1 fully saturated rings. The van der Waals surface area contributed by atoms with Crippen molar-refractivity contribution < 1.29 is 19.5 Å². The van der Waals surface area contributed by atoms with Crippen LogP contribution in [0.25, 0.3) is 0 Å². The molecule has 1 aliphatic heterocycles. The minimum atomic E-state index is -1.22. The van der Waals surface area contributed by atoms with Crippen LogP contribution in [-0.2, 0) is 9.59 Å². The first kappa shape index (κ1) is 23.9. The van der Waals surface area contributed by atoms with E-state index in [-0.39, 0.29) is 11.9 Å². The van der Waals surface area contributed by atoms with Crippen LogP contribution in [0.15, 0.2) is 97.1 Å². The van der Waals surface area contributed by atoms with Crippen molar-refractivity contribution in [3.63, 3.8) is 0 Å². The molecule has 35 heavy (non-hydrogen) atoms. The van der Waals surface area contributed by atoms with E-state index < -0.39 is 11.9 Å². The van der Waals surface area contributed by atoms with Crippen LogP contribution >= 0.6 is 0 Å². The van der Waals surface area contributed by atoms with Crippen LogP contribution in [0.2, 0.25) is 0 Å². The number of amides is 2. The molecule has 0 bridgehead atoms. The Kier molecular flexibility index (Phi) is 7.70. The summed E-state index contributed by atoms with van der Waals surface area (Å²) in [5, 5.41) is 11.3. The number of carboxylic acids is 1. The highest BCUT2D eigenvalue weighted by Gasteiger charge is 2.29. The Balaban J connectivity index is 1.47. The third-order valence-corrected chi connectivity index (χ3v) is 5.99. The fourth-order valence-electron chi connectivity index (χ4n) is 4.34. The van der Waals surface area contributed by atoms with Gasteiger partial charge in [0.25, 0.3) is 5.91 Å². The van der Waals surface area contributed by atoms with Gasteiger partial charge in [-0.2, -0.15) is 0 Å². The lowest BCUT2D eigenvalue weighted by molar-refractivity contribution is -0.131. The Morgan fingerprint density at radius 3 is 1.86 bits per heavy atom. The van der Waals surface area contributed by atoms with Gasteiger partial charge in [0.05, 0.1) is 17.3 Å². The molecule has 1 heterocycles. The van der Waals surface area contributed by atoms with Crippen molar-refractivity contribution in [3.8, 4) is 0 Å². The van der Waals surface area contributed by atoms with Crippen LogP contribution in [0.5, 0.6) is 0 Å². The van der Waals surface area contributed by atoms with E-state index in [9.17, 15) is 14.4 Å². The molecule has 3 aromatic carbocycles. The van der Waals surface area contributed by atoms with E-state index in [1.807, 2.05) is 36.4 Å². The van der Waals surface area contributed by atoms with Crippen LogP contribution < -0.4 is 5.32 Å².